The van der Waals surface area contributed by atoms with Crippen molar-refractivity contribution >= 4 is 11.9 Å². The zero-order valence-corrected chi connectivity index (χ0v) is 11.2. The van der Waals surface area contributed by atoms with Gasteiger partial charge in [-0.25, -0.2) is 0 Å². The minimum Gasteiger partial charge on any atom is -0.481 e. The SMILES string of the molecule is CC(C(=O)O)C(=O)NC1CC(C)(c2ccccc2)C1. The van der Waals surface area contributed by atoms with Crippen LogP contribution in [0, 0.1) is 5.92 Å². The number of carboxylic acids is 1. The Morgan fingerprint density at radius 3 is 2.42 bits per heavy atom. The van der Waals surface area contributed by atoms with Gasteiger partial charge in [-0.15, -0.1) is 0 Å². The van der Waals surface area contributed by atoms with Gasteiger partial charge < -0.3 is 10.4 Å². The maximum absolute atomic E-state index is 11.6. The number of nitrogens with one attached hydrogen (secondary N) is 1. The van der Waals surface area contributed by atoms with Crippen molar-refractivity contribution < 1.29 is 14.7 Å². The van der Waals surface area contributed by atoms with E-state index in [1.807, 2.05) is 18.2 Å². The lowest BCUT2D eigenvalue weighted by Crippen LogP contribution is -2.53. The molecule has 1 atom stereocenters. The summed E-state index contributed by atoms with van der Waals surface area (Å²) in [6, 6.07) is 10.3. The molecule has 19 heavy (non-hydrogen) atoms. The summed E-state index contributed by atoms with van der Waals surface area (Å²) in [5.41, 5.74) is 1.36. The van der Waals surface area contributed by atoms with Crippen LogP contribution in [-0.2, 0) is 15.0 Å². The number of aliphatic carboxylic acids is 1. The summed E-state index contributed by atoms with van der Waals surface area (Å²) in [4.78, 5) is 22.4. The van der Waals surface area contributed by atoms with Crippen molar-refractivity contribution in [2.45, 2.75) is 38.1 Å². The molecule has 102 valence electrons. The highest BCUT2D eigenvalue weighted by molar-refractivity contribution is 5.96. The van der Waals surface area contributed by atoms with Crippen LogP contribution in [0.5, 0.6) is 0 Å². The van der Waals surface area contributed by atoms with Gasteiger partial charge in [0.25, 0.3) is 0 Å². The molecule has 0 spiro atoms. The van der Waals surface area contributed by atoms with Gasteiger partial charge in [0.1, 0.15) is 5.92 Å². The first-order chi connectivity index (χ1) is 8.92. The van der Waals surface area contributed by atoms with E-state index in [1.165, 1.54) is 12.5 Å². The molecule has 1 unspecified atom stereocenters. The molecule has 1 aromatic carbocycles. The molecule has 0 heterocycles. The van der Waals surface area contributed by atoms with Crippen molar-refractivity contribution in [3.05, 3.63) is 35.9 Å². The molecule has 0 saturated heterocycles. The average Bonchev–Trinajstić information content (AvgIpc) is 2.36. The van der Waals surface area contributed by atoms with E-state index < -0.39 is 17.8 Å². The Kier molecular flexibility index (Phi) is 3.60. The predicted octanol–water partition coefficient (Wildman–Crippen LogP) is 1.94. The lowest BCUT2D eigenvalue weighted by atomic mass is 9.63. The normalized spacial score (nSPS) is 27.2. The summed E-state index contributed by atoms with van der Waals surface area (Å²) in [7, 11) is 0. The van der Waals surface area contributed by atoms with Crippen LogP contribution in [0.4, 0.5) is 0 Å². The molecule has 1 aliphatic rings. The Balaban J connectivity index is 1.90. The van der Waals surface area contributed by atoms with Gasteiger partial charge in [-0.2, -0.15) is 0 Å². The van der Waals surface area contributed by atoms with Crippen molar-refractivity contribution in [3.8, 4) is 0 Å². The third-order valence-corrected chi connectivity index (χ3v) is 3.97. The number of hydrogen-bond donors (Lipinski definition) is 2. The summed E-state index contributed by atoms with van der Waals surface area (Å²) >= 11 is 0. The number of carboxylic acid groups (broad SMARTS) is 1. The second-order valence-corrected chi connectivity index (χ2v) is 5.60. The summed E-state index contributed by atoms with van der Waals surface area (Å²) in [5.74, 6) is -2.46. The molecular formula is C15H19NO3. The zero-order valence-electron chi connectivity index (χ0n) is 11.2. The monoisotopic (exact) mass is 261 g/mol. The molecule has 1 saturated carbocycles. The van der Waals surface area contributed by atoms with E-state index in [9.17, 15) is 9.59 Å². The number of benzene rings is 1. The molecule has 0 aliphatic heterocycles. The molecule has 0 bridgehead atoms. The lowest BCUT2D eigenvalue weighted by Gasteiger charge is -2.46. The molecular weight excluding hydrogens is 242 g/mol. The standard InChI is InChI=1S/C15H19NO3/c1-10(14(18)19)13(17)16-12-8-15(2,9-12)11-6-4-3-5-7-11/h3-7,10,12H,8-9H2,1-2H3,(H,16,17)(H,18,19). The molecule has 4 heteroatoms. The first kappa shape index (κ1) is 13.6. The van der Waals surface area contributed by atoms with Gasteiger partial charge in [0.05, 0.1) is 0 Å². The highest BCUT2D eigenvalue weighted by Crippen LogP contribution is 2.43. The second kappa shape index (κ2) is 5.03. The quantitative estimate of drug-likeness (QED) is 0.814. The van der Waals surface area contributed by atoms with Crippen LogP contribution in [-0.4, -0.2) is 23.0 Å². The van der Waals surface area contributed by atoms with Gasteiger partial charge in [-0.1, -0.05) is 37.3 Å². The Morgan fingerprint density at radius 2 is 1.89 bits per heavy atom. The molecule has 1 aromatic rings. The first-order valence-electron chi connectivity index (χ1n) is 6.51. The fraction of sp³-hybridized carbons (Fsp3) is 0.467. The van der Waals surface area contributed by atoms with Gasteiger partial charge in [0.15, 0.2) is 0 Å². The Morgan fingerprint density at radius 1 is 1.32 bits per heavy atom. The molecule has 2 rings (SSSR count). The van der Waals surface area contributed by atoms with Crippen LogP contribution in [0.15, 0.2) is 30.3 Å². The van der Waals surface area contributed by atoms with Crippen LogP contribution in [0.1, 0.15) is 32.3 Å². The van der Waals surface area contributed by atoms with Gasteiger partial charge in [-0.05, 0) is 30.7 Å². The van der Waals surface area contributed by atoms with Crippen LogP contribution >= 0.6 is 0 Å². The Labute approximate surface area is 112 Å². The smallest absolute Gasteiger partial charge is 0.315 e. The summed E-state index contributed by atoms with van der Waals surface area (Å²) in [5, 5.41) is 11.6. The lowest BCUT2D eigenvalue weighted by molar-refractivity contribution is -0.146. The van der Waals surface area contributed by atoms with Crippen molar-refractivity contribution in [2.75, 3.05) is 0 Å². The molecule has 4 nitrogen and oxygen atoms in total. The van der Waals surface area contributed by atoms with E-state index >= 15 is 0 Å². The molecule has 1 amide bonds. The average molecular weight is 261 g/mol. The Bertz CT molecular complexity index is 477. The highest BCUT2D eigenvalue weighted by Gasteiger charge is 2.42. The van der Waals surface area contributed by atoms with Crippen molar-refractivity contribution in [1.82, 2.24) is 5.32 Å². The van der Waals surface area contributed by atoms with E-state index in [-0.39, 0.29) is 11.5 Å². The predicted molar refractivity (Wildman–Crippen MR) is 71.8 cm³/mol. The molecule has 0 aromatic heterocycles. The largest absolute Gasteiger partial charge is 0.481 e. The van der Waals surface area contributed by atoms with Crippen molar-refractivity contribution in [3.63, 3.8) is 0 Å². The first-order valence-corrected chi connectivity index (χ1v) is 6.51. The summed E-state index contributed by atoms with van der Waals surface area (Å²) in [6.07, 6.45) is 1.71. The van der Waals surface area contributed by atoms with Crippen LogP contribution in [0.25, 0.3) is 0 Å². The highest BCUT2D eigenvalue weighted by atomic mass is 16.4. The van der Waals surface area contributed by atoms with Crippen molar-refractivity contribution in [2.24, 2.45) is 5.92 Å². The molecule has 1 aliphatic carbocycles. The van der Waals surface area contributed by atoms with E-state index in [4.69, 9.17) is 5.11 Å². The van der Waals surface area contributed by atoms with Crippen LogP contribution < -0.4 is 5.32 Å². The minimum atomic E-state index is -1.08. The third kappa shape index (κ3) is 2.78. The van der Waals surface area contributed by atoms with Crippen molar-refractivity contribution in [1.29, 1.82) is 0 Å². The van der Waals surface area contributed by atoms with Gasteiger partial charge in [-0.3, -0.25) is 9.59 Å². The summed E-state index contributed by atoms with van der Waals surface area (Å²) < 4.78 is 0. The Hall–Kier alpha value is -1.84. The van der Waals surface area contributed by atoms with E-state index in [1.54, 1.807) is 0 Å². The number of carbonyl (C=O) groups excluding carboxylic acids is 1. The molecule has 1 fully saturated rings. The number of hydrogen-bond acceptors (Lipinski definition) is 2. The molecule has 0 radical (unpaired) electrons. The maximum atomic E-state index is 11.6. The fourth-order valence-corrected chi connectivity index (χ4v) is 2.64. The topological polar surface area (TPSA) is 66.4 Å². The third-order valence-electron chi connectivity index (χ3n) is 3.97. The number of rotatable bonds is 4. The van der Waals surface area contributed by atoms with Gasteiger partial charge in [0, 0.05) is 6.04 Å². The maximum Gasteiger partial charge on any atom is 0.315 e. The van der Waals surface area contributed by atoms with Crippen LogP contribution in [0.2, 0.25) is 0 Å². The zero-order chi connectivity index (χ0) is 14.0. The van der Waals surface area contributed by atoms with E-state index in [0.717, 1.165) is 12.8 Å². The number of carbonyl (C=O) groups is 2. The minimum absolute atomic E-state index is 0.0829. The number of amides is 1. The van der Waals surface area contributed by atoms with E-state index in [2.05, 4.69) is 24.4 Å². The fourth-order valence-electron chi connectivity index (χ4n) is 2.64. The van der Waals surface area contributed by atoms with Gasteiger partial charge in [0.2, 0.25) is 5.91 Å². The van der Waals surface area contributed by atoms with Crippen LogP contribution in [0.3, 0.4) is 0 Å². The molecule has 2 N–H and O–H groups in total. The second-order valence-electron chi connectivity index (χ2n) is 5.60. The van der Waals surface area contributed by atoms with E-state index in [0.29, 0.717) is 0 Å². The summed E-state index contributed by atoms with van der Waals surface area (Å²) in [6.45, 7) is 3.58. The van der Waals surface area contributed by atoms with Gasteiger partial charge >= 0.3 is 5.97 Å².